The van der Waals surface area contributed by atoms with Crippen molar-refractivity contribution in [2.75, 3.05) is 4.90 Å². The van der Waals surface area contributed by atoms with E-state index < -0.39 is 0 Å². The molecule has 0 saturated heterocycles. The maximum atomic E-state index is 12.3. The summed E-state index contributed by atoms with van der Waals surface area (Å²) in [4.78, 5) is 14.1. The number of fused-ring (bicyclic) bond motifs is 1. The second-order valence-corrected chi connectivity index (χ2v) is 5.75. The zero-order valence-electron chi connectivity index (χ0n) is 12.6. The van der Waals surface area contributed by atoms with E-state index >= 15 is 0 Å². The van der Waals surface area contributed by atoms with E-state index in [0.717, 1.165) is 12.1 Å². The van der Waals surface area contributed by atoms with Gasteiger partial charge in [-0.1, -0.05) is 17.7 Å². The lowest BCUT2D eigenvalue weighted by atomic mass is 9.99. The van der Waals surface area contributed by atoms with Gasteiger partial charge in [0, 0.05) is 12.1 Å². The minimum absolute atomic E-state index is 0.129. The van der Waals surface area contributed by atoms with E-state index in [4.69, 9.17) is 0 Å². The molecule has 21 heavy (non-hydrogen) atoms. The number of hydrogen-bond acceptors (Lipinski definition) is 4. The molecular weight excluding hydrogens is 266 g/mol. The molecule has 0 aliphatic carbocycles. The average Bonchev–Trinajstić information content (AvgIpc) is 2.90. The predicted molar refractivity (Wildman–Crippen MR) is 78.9 cm³/mol. The molecule has 0 unspecified atom stereocenters. The first-order valence-corrected chi connectivity index (χ1v) is 7.23. The van der Waals surface area contributed by atoms with Crippen molar-refractivity contribution in [3.05, 3.63) is 35.2 Å². The lowest BCUT2D eigenvalue weighted by Gasteiger charge is -2.29. The van der Waals surface area contributed by atoms with E-state index in [1.165, 1.54) is 11.1 Å². The third-order valence-corrected chi connectivity index (χ3v) is 3.78. The summed E-state index contributed by atoms with van der Waals surface area (Å²) in [6.45, 7) is 6.53. The minimum Gasteiger partial charge on any atom is -0.304 e. The maximum absolute atomic E-state index is 12.3. The molecule has 0 N–H and O–H groups in total. The molecule has 110 valence electrons. The van der Waals surface area contributed by atoms with Crippen LogP contribution >= 0.6 is 0 Å². The maximum Gasteiger partial charge on any atom is 0.227 e. The van der Waals surface area contributed by atoms with Crippen molar-refractivity contribution in [3.8, 4) is 0 Å². The number of carbonyl (C=O) groups is 1. The number of hydrogen-bond donors (Lipinski definition) is 0. The van der Waals surface area contributed by atoms with Crippen LogP contribution in [0.15, 0.2) is 18.2 Å². The minimum atomic E-state index is 0.129. The number of carbonyl (C=O) groups excluding carboxylic acids is 1. The molecule has 2 heterocycles. The zero-order valence-corrected chi connectivity index (χ0v) is 12.6. The van der Waals surface area contributed by atoms with Crippen LogP contribution < -0.4 is 4.90 Å². The normalized spacial score (nSPS) is 14.7. The van der Waals surface area contributed by atoms with Crippen molar-refractivity contribution in [2.45, 2.75) is 46.2 Å². The number of benzene rings is 1. The summed E-state index contributed by atoms with van der Waals surface area (Å²) in [5.74, 6) is 0.844. The lowest BCUT2D eigenvalue weighted by molar-refractivity contribution is -0.119. The Balaban J connectivity index is 1.95. The number of amides is 1. The second kappa shape index (κ2) is 5.27. The third-order valence-electron chi connectivity index (χ3n) is 3.78. The van der Waals surface area contributed by atoms with E-state index in [1.807, 2.05) is 26.0 Å². The van der Waals surface area contributed by atoms with Gasteiger partial charge in [0.15, 0.2) is 5.82 Å². The number of tetrazole rings is 1. The van der Waals surface area contributed by atoms with E-state index in [2.05, 4.69) is 28.5 Å². The van der Waals surface area contributed by atoms with Gasteiger partial charge in [-0.2, -0.15) is 0 Å². The van der Waals surface area contributed by atoms with Crippen molar-refractivity contribution in [3.63, 3.8) is 0 Å². The summed E-state index contributed by atoms with van der Waals surface area (Å²) >= 11 is 0. The van der Waals surface area contributed by atoms with Crippen LogP contribution in [0, 0.1) is 6.92 Å². The largest absolute Gasteiger partial charge is 0.304 e. The van der Waals surface area contributed by atoms with Crippen LogP contribution in [-0.4, -0.2) is 26.1 Å². The van der Waals surface area contributed by atoms with Gasteiger partial charge in [0.1, 0.15) is 0 Å². The Morgan fingerprint density at radius 2 is 2.10 bits per heavy atom. The highest BCUT2D eigenvalue weighted by atomic mass is 16.2. The van der Waals surface area contributed by atoms with Crippen LogP contribution in [0.1, 0.15) is 43.3 Å². The molecule has 0 atom stereocenters. The Kier molecular flexibility index (Phi) is 3.45. The Hall–Kier alpha value is -2.24. The first kappa shape index (κ1) is 13.7. The monoisotopic (exact) mass is 285 g/mol. The van der Waals surface area contributed by atoms with Gasteiger partial charge in [0.2, 0.25) is 5.91 Å². The molecule has 0 spiro atoms. The smallest absolute Gasteiger partial charge is 0.227 e. The number of anilines is 1. The highest BCUT2D eigenvalue weighted by molar-refractivity contribution is 5.96. The van der Waals surface area contributed by atoms with Gasteiger partial charge in [-0.05, 0) is 49.2 Å². The van der Waals surface area contributed by atoms with Crippen molar-refractivity contribution in [1.29, 1.82) is 0 Å². The van der Waals surface area contributed by atoms with Crippen LogP contribution in [0.4, 0.5) is 5.69 Å². The summed E-state index contributed by atoms with van der Waals surface area (Å²) in [5.41, 5.74) is 3.42. The van der Waals surface area contributed by atoms with Gasteiger partial charge < -0.3 is 4.90 Å². The molecule has 1 aromatic heterocycles. The first-order chi connectivity index (χ1) is 10.1. The molecule has 1 amide bonds. The van der Waals surface area contributed by atoms with Crippen molar-refractivity contribution in [2.24, 2.45) is 0 Å². The fourth-order valence-corrected chi connectivity index (χ4v) is 2.72. The van der Waals surface area contributed by atoms with Crippen LogP contribution in [0.3, 0.4) is 0 Å². The summed E-state index contributed by atoms with van der Waals surface area (Å²) in [7, 11) is 0. The van der Waals surface area contributed by atoms with Crippen molar-refractivity contribution in [1.82, 2.24) is 20.2 Å². The van der Waals surface area contributed by atoms with Gasteiger partial charge in [-0.15, -0.1) is 5.10 Å². The molecule has 3 rings (SSSR count). The molecule has 2 aromatic rings. The SMILES string of the molecule is Cc1ccc2c(c1)CCC(=O)N2Cc1nnnn1C(C)C. The van der Waals surface area contributed by atoms with E-state index in [9.17, 15) is 4.79 Å². The van der Waals surface area contributed by atoms with Crippen molar-refractivity contribution < 1.29 is 4.79 Å². The molecule has 0 fully saturated rings. The van der Waals surface area contributed by atoms with Crippen LogP contribution in [0.5, 0.6) is 0 Å². The molecule has 0 bridgehead atoms. The van der Waals surface area contributed by atoms with E-state index in [0.29, 0.717) is 18.8 Å². The highest BCUT2D eigenvalue weighted by Crippen LogP contribution is 2.29. The molecule has 1 aromatic carbocycles. The van der Waals surface area contributed by atoms with Crippen molar-refractivity contribution >= 4 is 11.6 Å². The van der Waals surface area contributed by atoms with Gasteiger partial charge in [-0.3, -0.25) is 4.79 Å². The van der Waals surface area contributed by atoms with Crippen LogP contribution in [0.25, 0.3) is 0 Å². The third kappa shape index (κ3) is 2.53. The van der Waals surface area contributed by atoms with Gasteiger partial charge in [-0.25, -0.2) is 4.68 Å². The summed E-state index contributed by atoms with van der Waals surface area (Å²) in [6.07, 6.45) is 1.35. The fourth-order valence-electron chi connectivity index (χ4n) is 2.72. The van der Waals surface area contributed by atoms with Crippen LogP contribution in [-0.2, 0) is 17.8 Å². The van der Waals surface area contributed by atoms with Gasteiger partial charge >= 0.3 is 0 Å². The predicted octanol–water partition coefficient (Wildman–Crippen LogP) is 2.04. The fraction of sp³-hybridized carbons (Fsp3) is 0.467. The number of aromatic nitrogens is 4. The average molecular weight is 285 g/mol. The van der Waals surface area contributed by atoms with Gasteiger partial charge in [0.05, 0.1) is 12.6 Å². The Labute approximate surface area is 123 Å². The van der Waals surface area contributed by atoms with E-state index in [-0.39, 0.29) is 11.9 Å². The standard InChI is InChI=1S/C15H19N5O/c1-10(2)20-14(16-17-18-20)9-19-13-6-4-11(3)8-12(13)5-7-15(19)21/h4,6,8,10H,5,7,9H2,1-3H3. The number of aryl methyl sites for hydroxylation is 2. The quantitative estimate of drug-likeness (QED) is 0.865. The second-order valence-electron chi connectivity index (χ2n) is 5.75. The highest BCUT2D eigenvalue weighted by Gasteiger charge is 2.26. The molecule has 1 aliphatic rings. The Morgan fingerprint density at radius 1 is 1.29 bits per heavy atom. The zero-order chi connectivity index (χ0) is 15.0. The molecule has 1 aliphatic heterocycles. The molecule has 0 saturated carbocycles. The van der Waals surface area contributed by atoms with Gasteiger partial charge in [0.25, 0.3) is 0 Å². The Morgan fingerprint density at radius 3 is 2.86 bits per heavy atom. The summed E-state index contributed by atoms with van der Waals surface area (Å²) in [6, 6.07) is 6.38. The lowest BCUT2D eigenvalue weighted by Crippen LogP contribution is -2.35. The topological polar surface area (TPSA) is 63.9 Å². The van der Waals surface area contributed by atoms with E-state index in [1.54, 1.807) is 9.58 Å². The molecular formula is C15H19N5O. The summed E-state index contributed by atoms with van der Waals surface area (Å²) in [5, 5.41) is 11.8. The van der Waals surface area contributed by atoms with Crippen LogP contribution in [0.2, 0.25) is 0 Å². The number of rotatable bonds is 3. The summed E-state index contributed by atoms with van der Waals surface area (Å²) < 4.78 is 1.76. The molecule has 6 heteroatoms. The molecule has 0 radical (unpaired) electrons. The Bertz CT molecular complexity index is 676. The first-order valence-electron chi connectivity index (χ1n) is 7.23. The number of nitrogens with zero attached hydrogens (tertiary/aromatic N) is 5. The molecule has 6 nitrogen and oxygen atoms in total.